The lowest BCUT2D eigenvalue weighted by Crippen LogP contribution is -1.99. The van der Waals surface area contributed by atoms with E-state index >= 15 is 0 Å². The normalized spacial score (nSPS) is 10.8. The van der Waals surface area contributed by atoms with E-state index in [0.29, 0.717) is 5.56 Å². The number of hydrogen-bond donors (Lipinski definition) is 0. The Bertz CT molecular complexity index is 432. The van der Waals surface area contributed by atoms with Crippen molar-refractivity contribution in [3.8, 4) is 6.07 Å². The molecule has 4 nitrogen and oxygen atoms in total. The SMILES string of the molecule is N#Cc1ccc(S(=O)(=O)OCl)cc1. The molecule has 68 valence electrons. The Morgan fingerprint density at radius 3 is 2.23 bits per heavy atom. The first-order valence-corrected chi connectivity index (χ1v) is 4.87. The van der Waals surface area contributed by atoms with Crippen LogP contribution in [0.15, 0.2) is 29.2 Å². The predicted molar refractivity (Wildman–Crippen MR) is 45.3 cm³/mol. The molecule has 1 rings (SSSR count). The molecule has 13 heavy (non-hydrogen) atoms. The van der Waals surface area contributed by atoms with E-state index in [-0.39, 0.29) is 4.90 Å². The second kappa shape index (κ2) is 3.75. The van der Waals surface area contributed by atoms with Gasteiger partial charge in [-0.3, -0.25) is 0 Å². The van der Waals surface area contributed by atoms with E-state index in [9.17, 15) is 8.42 Å². The van der Waals surface area contributed by atoms with Crippen molar-refractivity contribution in [2.45, 2.75) is 4.90 Å². The molecule has 0 spiro atoms. The van der Waals surface area contributed by atoms with Gasteiger partial charge >= 0.3 is 10.1 Å². The first-order valence-electron chi connectivity index (χ1n) is 3.15. The molecule has 0 fully saturated rings. The van der Waals surface area contributed by atoms with E-state index in [4.69, 9.17) is 17.1 Å². The summed E-state index contributed by atoms with van der Waals surface area (Å²) in [7, 11) is -3.87. The van der Waals surface area contributed by atoms with Crippen LogP contribution in [0.1, 0.15) is 5.56 Å². The van der Waals surface area contributed by atoms with E-state index in [1.807, 2.05) is 6.07 Å². The summed E-state index contributed by atoms with van der Waals surface area (Å²) < 4.78 is 25.7. The molecular weight excluding hydrogens is 214 g/mol. The van der Waals surface area contributed by atoms with Gasteiger partial charge in [-0.25, -0.2) is 0 Å². The van der Waals surface area contributed by atoms with Gasteiger partial charge in [0.15, 0.2) is 0 Å². The zero-order chi connectivity index (χ0) is 9.90. The van der Waals surface area contributed by atoms with Crippen LogP contribution in [0.5, 0.6) is 0 Å². The average Bonchev–Trinajstić information content (AvgIpc) is 2.18. The summed E-state index contributed by atoms with van der Waals surface area (Å²) in [5, 5.41) is 8.43. The average molecular weight is 218 g/mol. The minimum Gasteiger partial charge on any atom is -0.193 e. The van der Waals surface area contributed by atoms with Crippen molar-refractivity contribution >= 4 is 22.0 Å². The summed E-state index contributed by atoms with van der Waals surface area (Å²) in [6.07, 6.45) is 0. The van der Waals surface area contributed by atoms with Gasteiger partial charge in [0.1, 0.15) is 0 Å². The molecule has 0 bridgehead atoms. The Morgan fingerprint density at radius 1 is 1.31 bits per heavy atom. The van der Waals surface area contributed by atoms with Gasteiger partial charge in [-0.05, 0) is 24.3 Å². The number of benzene rings is 1. The Labute approximate surface area is 80.6 Å². The van der Waals surface area contributed by atoms with E-state index < -0.39 is 10.1 Å². The fourth-order valence-corrected chi connectivity index (χ4v) is 1.49. The number of rotatable bonds is 2. The highest BCUT2D eigenvalue weighted by atomic mass is 35.5. The van der Waals surface area contributed by atoms with Crippen LogP contribution in [0.25, 0.3) is 0 Å². The lowest BCUT2D eigenvalue weighted by Gasteiger charge is -1.97. The van der Waals surface area contributed by atoms with Crippen LogP contribution in [0.4, 0.5) is 0 Å². The molecule has 0 amide bonds. The van der Waals surface area contributed by atoms with Gasteiger partial charge < -0.3 is 0 Å². The molecule has 0 N–H and O–H groups in total. The summed E-state index contributed by atoms with van der Waals surface area (Å²) in [6.45, 7) is 0. The van der Waals surface area contributed by atoms with Crippen molar-refractivity contribution in [3.05, 3.63) is 29.8 Å². The highest BCUT2D eigenvalue weighted by Crippen LogP contribution is 2.13. The van der Waals surface area contributed by atoms with Crippen LogP contribution < -0.4 is 0 Å². The van der Waals surface area contributed by atoms with E-state index in [1.54, 1.807) is 0 Å². The van der Waals surface area contributed by atoms with Gasteiger partial charge in [-0.15, -0.1) is 0 Å². The lowest BCUT2D eigenvalue weighted by molar-refractivity contribution is 0.509. The molecule has 0 aliphatic rings. The largest absolute Gasteiger partial charge is 0.312 e. The summed E-state index contributed by atoms with van der Waals surface area (Å²) in [6, 6.07) is 7.08. The van der Waals surface area contributed by atoms with Crippen molar-refractivity contribution < 1.29 is 12.2 Å². The molecule has 1 aromatic rings. The van der Waals surface area contributed by atoms with E-state index in [1.165, 1.54) is 24.3 Å². The number of nitrogens with zero attached hydrogens (tertiary/aromatic N) is 1. The van der Waals surface area contributed by atoms with Crippen LogP contribution in [0, 0.1) is 11.3 Å². The standard InChI is InChI=1S/C7H4ClNO3S/c8-12-13(10,11)7-3-1-6(5-9)2-4-7/h1-4H. The fraction of sp³-hybridized carbons (Fsp3) is 0. The topological polar surface area (TPSA) is 67.2 Å². The minimum atomic E-state index is -3.87. The Kier molecular flexibility index (Phi) is 2.88. The fourth-order valence-electron chi connectivity index (χ4n) is 0.733. The number of halogens is 1. The van der Waals surface area contributed by atoms with Gasteiger partial charge in [0.25, 0.3) is 0 Å². The van der Waals surface area contributed by atoms with Gasteiger partial charge in [-0.2, -0.15) is 17.4 Å². The van der Waals surface area contributed by atoms with Crippen LogP contribution in [0.3, 0.4) is 0 Å². The summed E-state index contributed by atoms with van der Waals surface area (Å²) in [5.41, 5.74) is 0.369. The molecule has 0 aliphatic heterocycles. The molecule has 6 heteroatoms. The third kappa shape index (κ3) is 2.18. The van der Waals surface area contributed by atoms with Crippen molar-refractivity contribution in [2.75, 3.05) is 0 Å². The highest BCUT2D eigenvalue weighted by molar-refractivity contribution is 7.87. The number of hydrogen-bond acceptors (Lipinski definition) is 4. The smallest absolute Gasteiger partial charge is 0.193 e. The minimum absolute atomic E-state index is 0.0819. The second-order valence-electron chi connectivity index (χ2n) is 2.15. The van der Waals surface area contributed by atoms with Gasteiger partial charge in [0.05, 0.1) is 28.4 Å². The number of nitriles is 1. The molecule has 0 unspecified atom stereocenters. The van der Waals surface area contributed by atoms with Gasteiger partial charge in [0, 0.05) is 0 Å². The van der Waals surface area contributed by atoms with Crippen molar-refractivity contribution in [1.29, 1.82) is 5.26 Å². The second-order valence-corrected chi connectivity index (χ2v) is 4.04. The molecule has 0 radical (unpaired) electrons. The van der Waals surface area contributed by atoms with Crippen LogP contribution >= 0.6 is 11.9 Å². The van der Waals surface area contributed by atoms with Crippen LogP contribution in [0.2, 0.25) is 0 Å². The van der Waals surface area contributed by atoms with E-state index in [2.05, 4.69) is 3.74 Å². The Balaban J connectivity index is 3.15. The summed E-state index contributed by atoms with van der Waals surface area (Å²) in [5.74, 6) is 0. The van der Waals surface area contributed by atoms with Crippen LogP contribution in [-0.2, 0) is 13.9 Å². The van der Waals surface area contributed by atoms with E-state index in [0.717, 1.165) is 0 Å². The molecule has 0 atom stereocenters. The van der Waals surface area contributed by atoms with Crippen molar-refractivity contribution in [2.24, 2.45) is 0 Å². The quantitative estimate of drug-likeness (QED) is 0.751. The molecule has 0 saturated heterocycles. The third-order valence-corrected chi connectivity index (χ3v) is 2.87. The zero-order valence-corrected chi connectivity index (χ0v) is 7.84. The predicted octanol–water partition coefficient (Wildman–Crippen LogP) is 1.42. The van der Waals surface area contributed by atoms with Crippen molar-refractivity contribution in [3.63, 3.8) is 0 Å². The molecule has 0 aliphatic carbocycles. The maximum atomic E-state index is 11.0. The Hall–Kier alpha value is -1.09. The maximum Gasteiger partial charge on any atom is 0.312 e. The third-order valence-electron chi connectivity index (χ3n) is 1.36. The van der Waals surface area contributed by atoms with Gasteiger partial charge in [0.2, 0.25) is 0 Å². The van der Waals surface area contributed by atoms with Gasteiger partial charge in [-0.1, -0.05) is 0 Å². The summed E-state index contributed by atoms with van der Waals surface area (Å²) in [4.78, 5) is -0.0819. The maximum absolute atomic E-state index is 11.0. The zero-order valence-electron chi connectivity index (χ0n) is 6.27. The summed E-state index contributed by atoms with van der Waals surface area (Å²) >= 11 is 4.75. The highest BCUT2D eigenvalue weighted by Gasteiger charge is 2.13. The monoisotopic (exact) mass is 217 g/mol. The van der Waals surface area contributed by atoms with Crippen LogP contribution in [-0.4, -0.2) is 8.42 Å². The van der Waals surface area contributed by atoms with Crippen molar-refractivity contribution in [1.82, 2.24) is 0 Å². The molecule has 0 aromatic heterocycles. The molecule has 1 aromatic carbocycles. The Morgan fingerprint density at radius 2 is 1.85 bits per heavy atom. The molecule has 0 heterocycles. The molecular formula is C7H4ClNO3S. The first-order chi connectivity index (χ1) is 6.10. The lowest BCUT2D eigenvalue weighted by atomic mass is 10.2. The first kappa shape index (κ1) is 9.99. The molecule has 0 saturated carbocycles.